The van der Waals surface area contributed by atoms with Crippen LogP contribution in [0.2, 0.25) is 0 Å². The maximum Gasteiger partial charge on any atom is 0.259 e. The molecule has 0 N–H and O–H groups in total. The van der Waals surface area contributed by atoms with Gasteiger partial charge in [-0.3, -0.25) is 9.69 Å². The second-order valence-corrected chi connectivity index (χ2v) is 8.12. The number of hydrogen-bond acceptors (Lipinski definition) is 4. The summed E-state index contributed by atoms with van der Waals surface area (Å²) in [6.07, 6.45) is 4.51. The summed E-state index contributed by atoms with van der Waals surface area (Å²) >= 11 is 0. The van der Waals surface area contributed by atoms with E-state index in [1.165, 1.54) is 17.5 Å². The number of aryl methyl sites for hydroxylation is 2. The van der Waals surface area contributed by atoms with E-state index in [1.807, 2.05) is 18.7 Å². The Morgan fingerprint density at radius 3 is 2.74 bits per heavy atom. The molecule has 1 saturated heterocycles. The molecule has 1 fully saturated rings. The van der Waals surface area contributed by atoms with Crippen molar-refractivity contribution in [3.8, 4) is 0 Å². The third-order valence-electron chi connectivity index (χ3n) is 6.25. The van der Waals surface area contributed by atoms with Crippen molar-refractivity contribution in [2.24, 2.45) is 0 Å². The first-order chi connectivity index (χ1) is 13.0. The molecule has 1 unspecified atom stereocenters. The van der Waals surface area contributed by atoms with Crippen molar-refractivity contribution < 1.29 is 9.32 Å². The van der Waals surface area contributed by atoms with Gasteiger partial charge in [-0.2, -0.15) is 0 Å². The maximum absolute atomic E-state index is 13.5. The molecule has 1 amide bonds. The van der Waals surface area contributed by atoms with Crippen molar-refractivity contribution in [2.75, 3.05) is 19.6 Å². The lowest BCUT2D eigenvalue weighted by molar-refractivity contribution is 0.0547. The molecule has 3 heterocycles. The molecule has 1 aromatic carbocycles. The summed E-state index contributed by atoms with van der Waals surface area (Å²) in [4.78, 5) is 18.1. The predicted molar refractivity (Wildman–Crippen MR) is 105 cm³/mol. The van der Waals surface area contributed by atoms with Gasteiger partial charge < -0.3 is 9.42 Å². The lowest BCUT2D eigenvalue weighted by atomic mass is 9.87. The minimum absolute atomic E-state index is 0.0389. The highest BCUT2D eigenvalue weighted by Crippen LogP contribution is 2.38. The zero-order valence-corrected chi connectivity index (χ0v) is 16.6. The topological polar surface area (TPSA) is 49.6 Å². The van der Waals surface area contributed by atoms with Gasteiger partial charge in [0.15, 0.2) is 0 Å². The molecule has 1 spiro atoms. The summed E-state index contributed by atoms with van der Waals surface area (Å²) in [6, 6.07) is 8.61. The highest BCUT2D eigenvalue weighted by Gasteiger charge is 2.45. The van der Waals surface area contributed by atoms with Gasteiger partial charge in [-0.1, -0.05) is 36.3 Å². The van der Waals surface area contributed by atoms with Crippen LogP contribution in [0.15, 0.2) is 28.8 Å². The number of fused-ring (bicyclic) bond motifs is 1. The number of carbonyl (C=O) groups excluding carboxylic acids is 1. The molecule has 2 aliphatic heterocycles. The Hall–Kier alpha value is -2.14. The fraction of sp³-hybridized carbons (Fsp3) is 0.545. The number of carbonyl (C=O) groups is 1. The largest absolute Gasteiger partial charge is 0.361 e. The van der Waals surface area contributed by atoms with Crippen LogP contribution in [0.3, 0.4) is 0 Å². The smallest absolute Gasteiger partial charge is 0.259 e. The summed E-state index contributed by atoms with van der Waals surface area (Å²) in [5.74, 6) is 0.659. The summed E-state index contributed by atoms with van der Waals surface area (Å²) in [5, 5.41) is 4.00. The monoisotopic (exact) mass is 367 g/mol. The van der Waals surface area contributed by atoms with Gasteiger partial charge in [-0.15, -0.1) is 0 Å². The molecule has 2 aliphatic rings. The average Bonchev–Trinajstić information content (AvgIpc) is 3.12. The van der Waals surface area contributed by atoms with Crippen LogP contribution in [-0.2, 0) is 13.0 Å². The molecule has 5 nitrogen and oxygen atoms in total. The van der Waals surface area contributed by atoms with Crippen LogP contribution in [0.1, 0.15) is 59.1 Å². The maximum atomic E-state index is 13.5. The molecule has 5 heteroatoms. The summed E-state index contributed by atoms with van der Waals surface area (Å²) in [7, 11) is 0. The second kappa shape index (κ2) is 7.12. The molecule has 0 saturated carbocycles. The molecule has 4 rings (SSSR count). The van der Waals surface area contributed by atoms with Gasteiger partial charge in [-0.25, -0.2) is 0 Å². The number of likely N-dealkylation sites (tertiary alicyclic amines) is 1. The van der Waals surface area contributed by atoms with E-state index in [9.17, 15) is 4.79 Å². The Morgan fingerprint density at radius 1 is 1.26 bits per heavy atom. The normalized spacial score (nSPS) is 22.9. The number of hydrogen-bond donors (Lipinski definition) is 0. The van der Waals surface area contributed by atoms with Gasteiger partial charge in [0.2, 0.25) is 0 Å². The zero-order valence-electron chi connectivity index (χ0n) is 16.6. The molecular formula is C22H29N3O2. The lowest BCUT2D eigenvalue weighted by Gasteiger charge is -2.40. The first kappa shape index (κ1) is 18.2. The summed E-state index contributed by atoms with van der Waals surface area (Å²) < 4.78 is 5.28. The van der Waals surface area contributed by atoms with Crippen molar-refractivity contribution in [1.29, 1.82) is 0 Å². The van der Waals surface area contributed by atoms with E-state index in [0.717, 1.165) is 38.9 Å². The number of nitrogens with zero attached hydrogens (tertiary/aromatic N) is 3. The Balaban J connectivity index is 1.75. The average molecular weight is 367 g/mol. The van der Waals surface area contributed by atoms with Gasteiger partial charge in [0.1, 0.15) is 11.3 Å². The van der Waals surface area contributed by atoms with E-state index in [-0.39, 0.29) is 11.4 Å². The van der Waals surface area contributed by atoms with Crippen LogP contribution in [0.4, 0.5) is 0 Å². The number of rotatable bonds is 3. The standard InChI is InChI=1S/C22H29N3O2/c1-4-11-25-12-7-10-22(25)13-18-8-5-6-9-19(18)14-24(15-22)21(26)20-16(2)23-27-17(20)3/h5-6,8-9H,4,7,10-15H2,1-3H3. The Bertz CT molecular complexity index is 824. The quantitative estimate of drug-likeness (QED) is 0.829. The van der Waals surface area contributed by atoms with E-state index in [1.54, 1.807) is 0 Å². The van der Waals surface area contributed by atoms with Crippen molar-refractivity contribution >= 4 is 5.91 Å². The Morgan fingerprint density at radius 2 is 2.04 bits per heavy atom. The van der Waals surface area contributed by atoms with Gasteiger partial charge in [0.25, 0.3) is 5.91 Å². The molecule has 0 bridgehead atoms. The Kier molecular flexibility index (Phi) is 4.81. The molecule has 27 heavy (non-hydrogen) atoms. The van der Waals surface area contributed by atoms with E-state index < -0.39 is 0 Å². The molecule has 1 atom stereocenters. The van der Waals surface area contributed by atoms with Crippen LogP contribution in [0.25, 0.3) is 0 Å². The first-order valence-electron chi connectivity index (χ1n) is 10.1. The van der Waals surface area contributed by atoms with E-state index in [4.69, 9.17) is 4.52 Å². The van der Waals surface area contributed by atoms with Crippen molar-refractivity contribution in [2.45, 2.75) is 58.5 Å². The van der Waals surface area contributed by atoms with Gasteiger partial charge in [0, 0.05) is 18.6 Å². The van der Waals surface area contributed by atoms with Gasteiger partial charge >= 0.3 is 0 Å². The number of amides is 1. The first-order valence-corrected chi connectivity index (χ1v) is 10.1. The third-order valence-corrected chi connectivity index (χ3v) is 6.25. The SMILES string of the molecule is CCCN1CCCC12Cc1ccccc1CN(C(=O)c1c(C)noc1C)C2. The fourth-order valence-electron chi connectivity index (χ4n) is 4.99. The molecule has 144 valence electrons. The Labute approximate surface area is 161 Å². The van der Waals surface area contributed by atoms with E-state index >= 15 is 0 Å². The van der Waals surface area contributed by atoms with E-state index in [0.29, 0.717) is 23.6 Å². The van der Waals surface area contributed by atoms with Crippen LogP contribution in [0.5, 0.6) is 0 Å². The predicted octanol–water partition coefficient (Wildman–Crippen LogP) is 3.73. The van der Waals surface area contributed by atoms with Crippen molar-refractivity contribution in [3.63, 3.8) is 0 Å². The lowest BCUT2D eigenvalue weighted by Crippen LogP contribution is -2.53. The van der Waals surface area contributed by atoms with Gasteiger partial charge in [-0.05, 0) is 63.7 Å². The highest BCUT2D eigenvalue weighted by atomic mass is 16.5. The van der Waals surface area contributed by atoms with Gasteiger partial charge in [0.05, 0.1) is 5.69 Å². The molecule has 2 aromatic rings. The molecule has 0 aliphatic carbocycles. The zero-order chi connectivity index (χ0) is 19.0. The van der Waals surface area contributed by atoms with Crippen LogP contribution >= 0.6 is 0 Å². The minimum atomic E-state index is 0.0389. The molecular weight excluding hydrogens is 338 g/mol. The fourth-order valence-corrected chi connectivity index (χ4v) is 4.99. The van der Waals surface area contributed by atoms with E-state index in [2.05, 4.69) is 41.2 Å². The third kappa shape index (κ3) is 3.18. The number of aromatic nitrogens is 1. The minimum Gasteiger partial charge on any atom is -0.361 e. The van der Waals surface area contributed by atoms with Crippen LogP contribution < -0.4 is 0 Å². The molecule has 0 radical (unpaired) electrons. The summed E-state index contributed by atoms with van der Waals surface area (Å²) in [5.41, 5.74) is 4.00. The highest BCUT2D eigenvalue weighted by molar-refractivity contribution is 5.96. The van der Waals surface area contributed by atoms with Crippen molar-refractivity contribution in [1.82, 2.24) is 15.0 Å². The number of benzene rings is 1. The summed E-state index contributed by atoms with van der Waals surface area (Å²) in [6.45, 7) is 9.56. The van der Waals surface area contributed by atoms with Crippen molar-refractivity contribution in [3.05, 3.63) is 52.4 Å². The second-order valence-electron chi connectivity index (χ2n) is 8.12. The van der Waals surface area contributed by atoms with Crippen LogP contribution in [-0.4, -0.2) is 46.0 Å². The van der Waals surface area contributed by atoms with Crippen LogP contribution in [0, 0.1) is 13.8 Å². The molecule has 1 aromatic heterocycles.